The third-order valence-corrected chi connectivity index (χ3v) is 3.19. The summed E-state index contributed by atoms with van der Waals surface area (Å²) in [6.07, 6.45) is 1.68. The first-order chi connectivity index (χ1) is 8.97. The third kappa shape index (κ3) is 5.05. The largest absolute Gasteiger partial charge is 0.493 e. The maximum Gasteiger partial charge on any atom is 0.180 e. The molecule has 0 aliphatic carbocycles. The first-order valence-electron chi connectivity index (χ1n) is 6.06. The molecule has 0 heterocycles. The fourth-order valence-corrected chi connectivity index (χ4v) is 2.03. The minimum absolute atomic E-state index is 0.120. The Morgan fingerprint density at radius 3 is 2.74 bits per heavy atom. The number of nitrogens with two attached hydrogens (primary N) is 1. The standard InChI is InChI=1S/C14H19BrClNO2/c1-4-11(17)5-10-6-12(16)14(13(7-10)18-3)19-8-9(2)15/h6-7,11H,2,4-5,8,17H2,1,3H3. The first-order valence-corrected chi connectivity index (χ1v) is 7.23. The van der Waals surface area contributed by atoms with Crippen molar-refractivity contribution in [2.24, 2.45) is 5.73 Å². The van der Waals surface area contributed by atoms with Gasteiger partial charge < -0.3 is 15.2 Å². The van der Waals surface area contributed by atoms with E-state index in [2.05, 4.69) is 29.4 Å². The smallest absolute Gasteiger partial charge is 0.180 e. The highest BCUT2D eigenvalue weighted by Crippen LogP contribution is 2.37. The molecule has 1 aromatic carbocycles. The molecule has 0 saturated carbocycles. The van der Waals surface area contributed by atoms with Crippen LogP contribution in [0.3, 0.4) is 0 Å². The SMILES string of the molecule is C=C(Br)COc1c(Cl)cc(CC(N)CC)cc1OC. The zero-order valence-electron chi connectivity index (χ0n) is 11.2. The van der Waals surface area contributed by atoms with Gasteiger partial charge >= 0.3 is 0 Å². The molecule has 0 amide bonds. The van der Waals surface area contributed by atoms with Crippen molar-refractivity contribution in [1.82, 2.24) is 0 Å². The second kappa shape index (κ2) is 7.78. The van der Waals surface area contributed by atoms with Crippen molar-refractivity contribution >= 4 is 27.5 Å². The van der Waals surface area contributed by atoms with E-state index in [0.29, 0.717) is 23.1 Å². The van der Waals surface area contributed by atoms with Gasteiger partial charge in [0, 0.05) is 10.5 Å². The van der Waals surface area contributed by atoms with Crippen molar-refractivity contribution in [3.05, 3.63) is 33.8 Å². The Bertz CT molecular complexity index is 451. The highest BCUT2D eigenvalue weighted by Gasteiger charge is 2.13. The summed E-state index contributed by atoms with van der Waals surface area (Å²) in [7, 11) is 1.59. The van der Waals surface area contributed by atoms with Crippen molar-refractivity contribution in [3.63, 3.8) is 0 Å². The van der Waals surface area contributed by atoms with Gasteiger partial charge in [-0.05, 0) is 30.5 Å². The van der Waals surface area contributed by atoms with Crippen LogP contribution in [0.1, 0.15) is 18.9 Å². The summed E-state index contributed by atoms with van der Waals surface area (Å²) in [5.74, 6) is 1.14. The lowest BCUT2D eigenvalue weighted by Crippen LogP contribution is -2.21. The van der Waals surface area contributed by atoms with Gasteiger partial charge in [0.2, 0.25) is 0 Å². The average Bonchev–Trinajstić information content (AvgIpc) is 2.36. The van der Waals surface area contributed by atoms with Crippen LogP contribution < -0.4 is 15.2 Å². The van der Waals surface area contributed by atoms with Crippen LogP contribution >= 0.6 is 27.5 Å². The van der Waals surface area contributed by atoms with Gasteiger partial charge in [-0.15, -0.1) is 0 Å². The number of hydrogen-bond acceptors (Lipinski definition) is 3. The van der Waals surface area contributed by atoms with E-state index in [0.717, 1.165) is 22.9 Å². The number of methoxy groups -OCH3 is 1. The minimum Gasteiger partial charge on any atom is -0.493 e. The Labute approximate surface area is 127 Å². The number of hydrogen-bond donors (Lipinski definition) is 1. The Balaban J connectivity index is 2.97. The molecule has 5 heteroatoms. The molecule has 1 rings (SSSR count). The predicted molar refractivity (Wildman–Crippen MR) is 83.5 cm³/mol. The summed E-state index contributed by atoms with van der Waals surface area (Å²) in [5, 5.41) is 0.520. The molecular formula is C14H19BrClNO2. The second-order valence-electron chi connectivity index (χ2n) is 4.29. The van der Waals surface area contributed by atoms with Crippen LogP contribution in [-0.2, 0) is 6.42 Å². The number of rotatable bonds is 7. The minimum atomic E-state index is 0.120. The summed E-state index contributed by atoms with van der Waals surface area (Å²) < 4.78 is 11.6. The second-order valence-corrected chi connectivity index (χ2v) is 5.82. The van der Waals surface area contributed by atoms with Crippen LogP contribution in [0.15, 0.2) is 23.2 Å². The van der Waals surface area contributed by atoms with Gasteiger partial charge in [-0.2, -0.15) is 0 Å². The fourth-order valence-electron chi connectivity index (χ4n) is 1.63. The van der Waals surface area contributed by atoms with Crippen LogP contribution in [0.5, 0.6) is 11.5 Å². The van der Waals surface area contributed by atoms with E-state index in [1.54, 1.807) is 7.11 Å². The lowest BCUT2D eigenvalue weighted by molar-refractivity contribution is 0.325. The highest BCUT2D eigenvalue weighted by atomic mass is 79.9. The molecule has 1 atom stereocenters. The molecule has 1 unspecified atom stereocenters. The van der Waals surface area contributed by atoms with Crippen molar-refractivity contribution in [2.75, 3.05) is 13.7 Å². The van der Waals surface area contributed by atoms with Gasteiger partial charge in [0.05, 0.1) is 12.1 Å². The van der Waals surface area contributed by atoms with Gasteiger partial charge in [0.15, 0.2) is 11.5 Å². The number of ether oxygens (including phenoxy) is 2. The van der Waals surface area contributed by atoms with Crippen molar-refractivity contribution in [2.45, 2.75) is 25.8 Å². The van der Waals surface area contributed by atoms with Crippen LogP contribution in [-0.4, -0.2) is 19.8 Å². The first kappa shape index (κ1) is 16.3. The van der Waals surface area contributed by atoms with E-state index in [-0.39, 0.29) is 6.04 Å². The predicted octanol–water partition coefficient (Wildman–Crippen LogP) is 3.92. The Kier molecular flexibility index (Phi) is 6.69. The van der Waals surface area contributed by atoms with Crippen LogP contribution in [0.25, 0.3) is 0 Å². The molecule has 3 nitrogen and oxygen atoms in total. The van der Waals surface area contributed by atoms with Gasteiger partial charge in [-0.1, -0.05) is 41.0 Å². The van der Waals surface area contributed by atoms with Gasteiger partial charge in [-0.25, -0.2) is 0 Å². The molecule has 0 bridgehead atoms. The van der Waals surface area contributed by atoms with E-state index >= 15 is 0 Å². The summed E-state index contributed by atoms with van der Waals surface area (Å²) in [4.78, 5) is 0. The van der Waals surface area contributed by atoms with Gasteiger partial charge in [0.1, 0.15) is 6.61 Å². The van der Waals surface area contributed by atoms with E-state index in [4.69, 9.17) is 26.8 Å². The van der Waals surface area contributed by atoms with E-state index in [1.807, 2.05) is 12.1 Å². The molecule has 0 aliphatic heterocycles. The lowest BCUT2D eigenvalue weighted by atomic mass is 10.0. The van der Waals surface area contributed by atoms with Crippen molar-refractivity contribution in [1.29, 1.82) is 0 Å². The molecule has 19 heavy (non-hydrogen) atoms. The maximum absolute atomic E-state index is 6.23. The van der Waals surface area contributed by atoms with E-state index in [1.165, 1.54) is 0 Å². The summed E-state index contributed by atoms with van der Waals surface area (Å²) in [6.45, 7) is 6.11. The Morgan fingerprint density at radius 2 is 2.21 bits per heavy atom. The van der Waals surface area contributed by atoms with Crippen molar-refractivity contribution < 1.29 is 9.47 Å². The van der Waals surface area contributed by atoms with Gasteiger partial charge in [0.25, 0.3) is 0 Å². The third-order valence-electron chi connectivity index (χ3n) is 2.68. The Morgan fingerprint density at radius 1 is 1.53 bits per heavy atom. The average molecular weight is 349 g/mol. The molecule has 0 fully saturated rings. The highest BCUT2D eigenvalue weighted by molar-refractivity contribution is 9.11. The quantitative estimate of drug-likeness (QED) is 0.812. The van der Waals surface area contributed by atoms with Crippen LogP contribution in [0.4, 0.5) is 0 Å². The molecule has 0 aromatic heterocycles. The van der Waals surface area contributed by atoms with Crippen LogP contribution in [0.2, 0.25) is 5.02 Å². The summed E-state index contributed by atoms with van der Waals surface area (Å²) in [6, 6.07) is 3.90. The zero-order valence-corrected chi connectivity index (χ0v) is 13.6. The molecule has 106 valence electrons. The molecule has 1 aromatic rings. The molecule has 2 N–H and O–H groups in total. The Hall–Kier alpha value is -0.710. The molecular weight excluding hydrogens is 330 g/mol. The maximum atomic E-state index is 6.23. The number of benzene rings is 1. The fraction of sp³-hybridized carbons (Fsp3) is 0.429. The summed E-state index contributed by atoms with van der Waals surface area (Å²) in [5.41, 5.74) is 6.99. The zero-order chi connectivity index (χ0) is 14.4. The van der Waals surface area contributed by atoms with Crippen molar-refractivity contribution in [3.8, 4) is 11.5 Å². The van der Waals surface area contributed by atoms with Gasteiger partial charge in [-0.3, -0.25) is 0 Å². The van der Waals surface area contributed by atoms with E-state index in [9.17, 15) is 0 Å². The van der Waals surface area contributed by atoms with Crippen LogP contribution in [0, 0.1) is 0 Å². The number of halogens is 2. The lowest BCUT2D eigenvalue weighted by Gasteiger charge is -2.15. The molecule has 0 spiro atoms. The molecule has 0 aliphatic rings. The molecule has 0 saturated heterocycles. The normalized spacial score (nSPS) is 12.1. The monoisotopic (exact) mass is 347 g/mol. The van der Waals surface area contributed by atoms with E-state index < -0.39 is 0 Å². The topological polar surface area (TPSA) is 44.5 Å². The molecule has 0 radical (unpaired) electrons. The summed E-state index contributed by atoms with van der Waals surface area (Å²) >= 11 is 9.47.